The van der Waals surface area contributed by atoms with Gasteiger partial charge >= 0.3 is 0 Å². The van der Waals surface area contributed by atoms with Crippen molar-refractivity contribution in [2.24, 2.45) is 0 Å². The van der Waals surface area contributed by atoms with Gasteiger partial charge in [0.2, 0.25) is 0 Å². The lowest BCUT2D eigenvalue weighted by Gasteiger charge is -2.32. The van der Waals surface area contributed by atoms with Crippen LogP contribution in [0.5, 0.6) is 5.75 Å². The highest BCUT2D eigenvalue weighted by Crippen LogP contribution is 2.35. The number of anilines is 1. The molecule has 0 amide bonds. The summed E-state index contributed by atoms with van der Waals surface area (Å²) >= 11 is 0. The number of hydrogen-bond acceptors (Lipinski definition) is 6. The summed E-state index contributed by atoms with van der Waals surface area (Å²) in [6, 6.07) is 12.9. The summed E-state index contributed by atoms with van der Waals surface area (Å²) in [6.07, 6.45) is 8.42. The van der Waals surface area contributed by atoms with Gasteiger partial charge in [-0.1, -0.05) is 24.3 Å². The molecule has 0 saturated carbocycles. The lowest BCUT2D eigenvalue weighted by molar-refractivity contribution is 0.305. The summed E-state index contributed by atoms with van der Waals surface area (Å²) in [6.45, 7) is 7.69. The first kappa shape index (κ1) is 22.1. The standard InChI is InChI=1S/C26H31N7O/c1-19-8-5-12-25(20(19)2)34-15-4-3-13-32-14-7-10-23-22(9-6-11-24(23)32)21-16-27-33(17-21)18-26-28-30-31-29-26/h5-6,8-9,11-12,16-17H,3-4,7,10,13-15,18H2,1-2H3,(H,28,29,30,31). The van der Waals surface area contributed by atoms with Gasteiger partial charge in [0.15, 0.2) is 5.82 Å². The number of rotatable bonds is 9. The van der Waals surface area contributed by atoms with Gasteiger partial charge in [-0.2, -0.15) is 5.10 Å². The molecular weight excluding hydrogens is 426 g/mol. The molecule has 0 bridgehead atoms. The number of hydrogen-bond donors (Lipinski definition) is 1. The molecule has 0 saturated heterocycles. The van der Waals surface area contributed by atoms with Gasteiger partial charge in [0.1, 0.15) is 12.3 Å². The van der Waals surface area contributed by atoms with Crippen LogP contribution < -0.4 is 9.64 Å². The molecule has 1 aliphatic rings. The molecule has 0 atom stereocenters. The molecule has 1 aliphatic heterocycles. The number of tetrazole rings is 1. The highest BCUT2D eigenvalue weighted by molar-refractivity contribution is 5.74. The van der Waals surface area contributed by atoms with Crippen LogP contribution in [0, 0.1) is 13.8 Å². The van der Waals surface area contributed by atoms with E-state index < -0.39 is 0 Å². The fourth-order valence-corrected chi connectivity index (χ4v) is 4.66. The van der Waals surface area contributed by atoms with Gasteiger partial charge in [-0.25, -0.2) is 5.10 Å². The molecule has 0 aliphatic carbocycles. The molecule has 0 radical (unpaired) electrons. The Balaban J connectivity index is 1.21. The molecule has 8 heteroatoms. The monoisotopic (exact) mass is 457 g/mol. The first-order valence-corrected chi connectivity index (χ1v) is 12.0. The smallest absolute Gasteiger partial charge is 0.170 e. The third-order valence-corrected chi connectivity index (χ3v) is 6.63. The highest BCUT2D eigenvalue weighted by Gasteiger charge is 2.20. The van der Waals surface area contributed by atoms with E-state index >= 15 is 0 Å². The summed E-state index contributed by atoms with van der Waals surface area (Å²) in [5, 5.41) is 18.5. The Morgan fingerprint density at radius 2 is 2.00 bits per heavy atom. The number of fused-ring (bicyclic) bond motifs is 1. The summed E-state index contributed by atoms with van der Waals surface area (Å²) in [5.74, 6) is 1.70. The number of aromatic amines is 1. The molecule has 8 nitrogen and oxygen atoms in total. The van der Waals surface area contributed by atoms with Gasteiger partial charge in [-0.05, 0) is 84.3 Å². The fraction of sp³-hybridized carbons (Fsp3) is 0.385. The molecule has 176 valence electrons. The van der Waals surface area contributed by atoms with Gasteiger partial charge in [0.25, 0.3) is 0 Å². The zero-order valence-corrected chi connectivity index (χ0v) is 19.9. The average molecular weight is 458 g/mol. The topological polar surface area (TPSA) is 84.8 Å². The molecule has 34 heavy (non-hydrogen) atoms. The second-order valence-corrected chi connectivity index (χ2v) is 8.92. The van der Waals surface area contributed by atoms with Crippen LogP contribution >= 0.6 is 0 Å². The molecule has 0 spiro atoms. The number of nitrogens with one attached hydrogen (secondary N) is 1. The van der Waals surface area contributed by atoms with Crippen molar-refractivity contribution in [1.82, 2.24) is 30.4 Å². The molecule has 5 rings (SSSR count). The quantitative estimate of drug-likeness (QED) is 0.376. The van der Waals surface area contributed by atoms with E-state index in [1.807, 2.05) is 10.9 Å². The van der Waals surface area contributed by atoms with Crippen molar-refractivity contribution in [2.75, 3.05) is 24.6 Å². The minimum absolute atomic E-state index is 0.526. The normalized spacial score (nSPS) is 13.2. The van der Waals surface area contributed by atoms with Crippen LogP contribution in [0.3, 0.4) is 0 Å². The minimum Gasteiger partial charge on any atom is -0.493 e. The largest absolute Gasteiger partial charge is 0.493 e. The summed E-state index contributed by atoms with van der Waals surface area (Å²) in [4.78, 5) is 2.53. The van der Waals surface area contributed by atoms with Crippen LogP contribution in [-0.2, 0) is 13.0 Å². The summed E-state index contributed by atoms with van der Waals surface area (Å²) < 4.78 is 7.92. The van der Waals surface area contributed by atoms with E-state index in [1.165, 1.54) is 34.4 Å². The SMILES string of the molecule is Cc1cccc(OCCCCN2CCCc3c(-c4cnn(Cc5nnn[nH]5)c4)cccc32)c1C. The van der Waals surface area contributed by atoms with E-state index in [0.717, 1.165) is 50.3 Å². The molecule has 0 fully saturated rings. The molecule has 4 aromatic rings. The van der Waals surface area contributed by atoms with Crippen LogP contribution in [0.2, 0.25) is 0 Å². The minimum atomic E-state index is 0.526. The van der Waals surface area contributed by atoms with E-state index in [2.05, 4.69) is 87.1 Å². The van der Waals surface area contributed by atoms with Gasteiger partial charge in [-0.15, -0.1) is 5.10 Å². The summed E-state index contributed by atoms with van der Waals surface area (Å²) in [7, 11) is 0. The molecule has 3 heterocycles. The first-order valence-electron chi connectivity index (χ1n) is 12.0. The van der Waals surface area contributed by atoms with Crippen LogP contribution in [0.1, 0.15) is 41.8 Å². The van der Waals surface area contributed by atoms with Crippen LogP contribution in [0.25, 0.3) is 11.1 Å². The Morgan fingerprint density at radius 1 is 1.09 bits per heavy atom. The third-order valence-electron chi connectivity index (χ3n) is 6.63. The van der Waals surface area contributed by atoms with Gasteiger partial charge in [0, 0.05) is 30.5 Å². The molecule has 2 aromatic carbocycles. The van der Waals surface area contributed by atoms with Crippen LogP contribution in [-0.4, -0.2) is 50.1 Å². The van der Waals surface area contributed by atoms with E-state index in [4.69, 9.17) is 4.74 Å². The Kier molecular flexibility index (Phi) is 6.56. The first-order chi connectivity index (χ1) is 16.7. The molecule has 0 unspecified atom stereocenters. The van der Waals surface area contributed by atoms with Crippen molar-refractivity contribution in [3.05, 3.63) is 71.3 Å². The maximum absolute atomic E-state index is 6.05. The zero-order valence-electron chi connectivity index (χ0n) is 19.9. The van der Waals surface area contributed by atoms with E-state index in [9.17, 15) is 0 Å². The van der Waals surface area contributed by atoms with E-state index in [0.29, 0.717) is 12.4 Å². The molecule has 1 N–H and O–H groups in total. The average Bonchev–Trinajstić information content (AvgIpc) is 3.54. The van der Waals surface area contributed by atoms with Crippen molar-refractivity contribution in [3.8, 4) is 16.9 Å². The van der Waals surface area contributed by atoms with Crippen molar-refractivity contribution < 1.29 is 4.74 Å². The number of benzene rings is 2. The predicted octanol–water partition coefficient (Wildman–Crippen LogP) is 4.34. The van der Waals surface area contributed by atoms with Crippen LogP contribution in [0.15, 0.2) is 48.8 Å². The van der Waals surface area contributed by atoms with Gasteiger partial charge < -0.3 is 9.64 Å². The van der Waals surface area contributed by atoms with Crippen LogP contribution in [0.4, 0.5) is 5.69 Å². The van der Waals surface area contributed by atoms with Gasteiger partial charge in [-0.3, -0.25) is 4.68 Å². The Bertz CT molecular complexity index is 1230. The van der Waals surface area contributed by atoms with Crippen molar-refractivity contribution >= 4 is 5.69 Å². The molecular formula is C26H31N7O. The lowest BCUT2D eigenvalue weighted by atomic mass is 9.93. The van der Waals surface area contributed by atoms with Gasteiger partial charge in [0.05, 0.1) is 12.8 Å². The van der Waals surface area contributed by atoms with Crippen molar-refractivity contribution in [3.63, 3.8) is 0 Å². The Morgan fingerprint density at radius 3 is 2.88 bits per heavy atom. The fourth-order valence-electron chi connectivity index (χ4n) is 4.66. The number of ether oxygens (including phenoxy) is 1. The summed E-state index contributed by atoms with van der Waals surface area (Å²) in [5.41, 5.74) is 7.68. The second-order valence-electron chi connectivity index (χ2n) is 8.92. The zero-order chi connectivity index (χ0) is 23.3. The van der Waals surface area contributed by atoms with E-state index in [1.54, 1.807) is 0 Å². The maximum Gasteiger partial charge on any atom is 0.170 e. The number of aryl methyl sites for hydroxylation is 1. The van der Waals surface area contributed by atoms with Crippen molar-refractivity contribution in [1.29, 1.82) is 0 Å². The third kappa shape index (κ3) is 4.81. The Labute approximate surface area is 200 Å². The maximum atomic E-state index is 6.05. The van der Waals surface area contributed by atoms with Crippen molar-refractivity contribution in [2.45, 2.75) is 46.1 Å². The van der Waals surface area contributed by atoms with E-state index in [-0.39, 0.29) is 0 Å². The number of nitrogens with zero attached hydrogens (tertiary/aromatic N) is 6. The number of unbranched alkanes of at least 4 members (excludes halogenated alkanes) is 1. The molecule has 2 aromatic heterocycles. The predicted molar refractivity (Wildman–Crippen MR) is 132 cm³/mol. The highest BCUT2D eigenvalue weighted by atomic mass is 16.5. The number of aromatic nitrogens is 6. The Hall–Kier alpha value is -3.68. The number of H-pyrrole nitrogens is 1. The second kappa shape index (κ2) is 10.1. The lowest BCUT2D eigenvalue weighted by Crippen LogP contribution is -2.30.